The number of nitrogens with one attached hydrogen (secondary N) is 1. The molecule has 1 N–H and O–H groups in total. The Balaban J connectivity index is 1.73. The van der Waals surface area contributed by atoms with Crippen molar-refractivity contribution >= 4 is 21.6 Å². The third kappa shape index (κ3) is 2.99. The molecule has 2 heterocycles. The molecule has 2 fully saturated rings. The summed E-state index contributed by atoms with van der Waals surface area (Å²) < 4.78 is 26.6. The highest BCUT2D eigenvalue weighted by Gasteiger charge is 2.36. The molecule has 130 valence electrons. The van der Waals surface area contributed by atoms with Gasteiger partial charge in [-0.1, -0.05) is 12.1 Å². The number of carbonyl (C=O) groups is 1. The maximum Gasteiger partial charge on any atom is 0.289 e. The van der Waals surface area contributed by atoms with Crippen molar-refractivity contribution in [1.29, 1.82) is 0 Å². The monoisotopic (exact) mass is 354 g/mol. The van der Waals surface area contributed by atoms with E-state index in [-0.39, 0.29) is 29.8 Å². The molecule has 3 rings (SSSR count). The van der Waals surface area contributed by atoms with E-state index in [0.717, 1.165) is 0 Å². The van der Waals surface area contributed by atoms with E-state index >= 15 is 0 Å². The average molecular weight is 354 g/mol. The molecule has 9 nitrogen and oxygen atoms in total. The summed E-state index contributed by atoms with van der Waals surface area (Å²) in [6.07, 6.45) is 0. The first-order chi connectivity index (χ1) is 11.4. The number of amides is 1. The minimum Gasteiger partial charge on any atom is -0.340 e. The van der Waals surface area contributed by atoms with E-state index < -0.39 is 20.6 Å². The molecule has 2 aliphatic rings. The first-order valence-electron chi connectivity index (χ1n) is 7.64. The molecule has 0 unspecified atom stereocenters. The molecule has 0 bridgehead atoms. The zero-order chi connectivity index (χ0) is 17.3. The van der Waals surface area contributed by atoms with Crippen molar-refractivity contribution in [1.82, 2.24) is 14.5 Å². The summed E-state index contributed by atoms with van der Waals surface area (Å²) in [7, 11) is -3.96. The van der Waals surface area contributed by atoms with Gasteiger partial charge >= 0.3 is 0 Å². The van der Waals surface area contributed by atoms with Gasteiger partial charge in [-0.25, -0.2) is 8.42 Å². The topological polar surface area (TPSA) is 113 Å². The number of para-hydroxylation sites is 1. The van der Waals surface area contributed by atoms with Crippen molar-refractivity contribution in [2.75, 3.05) is 39.3 Å². The van der Waals surface area contributed by atoms with Crippen molar-refractivity contribution < 1.29 is 18.1 Å². The molecule has 0 saturated carbocycles. The average Bonchev–Trinajstić information content (AvgIpc) is 2.53. The fourth-order valence-electron chi connectivity index (χ4n) is 2.84. The van der Waals surface area contributed by atoms with Crippen LogP contribution in [0.25, 0.3) is 0 Å². The van der Waals surface area contributed by atoms with Gasteiger partial charge in [-0.2, -0.15) is 4.31 Å². The van der Waals surface area contributed by atoms with Crippen LogP contribution in [0, 0.1) is 16.0 Å². The highest BCUT2D eigenvalue weighted by Crippen LogP contribution is 2.27. The molecule has 0 aliphatic carbocycles. The van der Waals surface area contributed by atoms with Crippen LogP contribution in [-0.2, 0) is 14.8 Å². The summed E-state index contributed by atoms with van der Waals surface area (Å²) in [6.45, 7) is 2.20. The second-order valence-electron chi connectivity index (χ2n) is 5.81. The molecule has 1 amide bonds. The lowest BCUT2D eigenvalue weighted by Gasteiger charge is -2.37. The Kier molecular flexibility index (Phi) is 4.52. The molecule has 0 aromatic heterocycles. The summed E-state index contributed by atoms with van der Waals surface area (Å²) in [4.78, 5) is 23.9. The number of sulfonamides is 1. The molecule has 2 saturated heterocycles. The molecule has 24 heavy (non-hydrogen) atoms. The fourth-order valence-corrected chi connectivity index (χ4v) is 4.42. The van der Waals surface area contributed by atoms with Crippen LogP contribution in [0.15, 0.2) is 29.2 Å². The van der Waals surface area contributed by atoms with E-state index in [1.807, 2.05) is 0 Å². The van der Waals surface area contributed by atoms with Gasteiger partial charge in [-0.15, -0.1) is 0 Å². The number of piperazine rings is 1. The minimum atomic E-state index is -3.96. The van der Waals surface area contributed by atoms with Crippen molar-refractivity contribution in [3.05, 3.63) is 34.4 Å². The van der Waals surface area contributed by atoms with Gasteiger partial charge in [0.15, 0.2) is 4.90 Å². The summed E-state index contributed by atoms with van der Waals surface area (Å²) >= 11 is 0. The van der Waals surface area contributed by atoms with Crippen LogP contribution in [0.3, 0.4) is 0 Å². The summed E-state index contributed by atoms with van der Waals surface area (Å²) in [6, 6.07) is 5.31. The Morgan fingerprint density at radius 2 is 1.79 bits per heavy atom. The van der Waals surface area contributed by atoms with Crippen molar-refractivity contribution in [2.45, 2.75) is 4.90 Å². The van der Waals surface area contributed by atoms with Crippen LogP contribution in [0.5, 0.6) is 0 Å². The molecule has 0 atom stereocenters. The Hall–Kier alpha value is -2.04. The maximum absolute atomic E-state index is 12.7. The second kappa shape index (κ2) is 6.46. The molecule has 0 spiro atoms. The predicted octanol–water partition coefficient (Wildman–Crippen LogP) is -0.353. The van der Waals surface area contributed by atoms with E-state index in [9.17, 15) is 23.3 Å². The molecule has 10 heteroatoms. The van der Waals surface area contributed by atoms with Crippen molar-refractivity contribution in [3.8, 4) is 0 Å². The Bertz CT molecular complexity index is 754. The third-order valence-electron chi connectivity index (χ3n) is 4.36. The molecule has 1 aromatic carbocycles. The van der Waals surface area contributed by atoms with Crippen molar-refractivity contribution in [2.24, 2.45) is 5.92 Å². The second-order valence-corrected chi connectivity index (χ2v) is 7.72. The van der Waals surface area contributed by atoms with Crippen LogP contribution in [0.2, 0.25) is 0 Å². The normalized spacial score (nSPS) is 19.8. The van der Waals surface area contributed by atoms with E-state index in [4.69, 9.17) is 0 Å². The number of carbonyl (C=O) groups excluding carboxylic acids is 1. The van der Waals surface area contributed by atoms with Gasteiger partial charge < -0.3 is 10.2 Å². The lowest BCUT2D eigenvalue weighted by molar-refractivity contribution is -0.387. The number of nitrogens with zero attached hydrogens (tertiary/aromatic N) is 3. The van der Waals surface area contributed by atoms with Crippen LogP contribution in [0.1, 0.15) is 0 Å². The Morgan fingerprint density at radius 1 is 1.17 bits per heavy atom. The highest BCUT2D eigenvalue weighted by atomic mass is 32.2. The number of hydrogen-bond donors (Lipinski definition) is 1. The number of hydrogen-bond acceptors (Lipinski definition) is 6. The van der Waals surface area contributed by atoms with E-state index in [1.165, 1.54) is 28.6 Å². The lowest BCUT2D eigenvalue weighted by atomic mass is 10.0. The standard InChI is InChI=1S/C14H18N4O5S/c19-14(11-9-15-10-11)16-5-7-17(8-6-16)24(22,23)13-4-2-1-3-12(13)18(20)21/h1-4,11,15H,5-10H2. The number of benzene rings is 1. The van der Waals surface area contributed by atoms with Gasteiger partial charge in [-0.05, 0) is 6.07 Å². The first-order valence-corrected chi connectivity index (χ1v) is 9.08. The molecule has 0 radical (unpaired) electrons. The summed E-state index contributed by atoms with van der Waals surface area (Å²) in [5.74, 6) is 0.0138. The van der Waals surface area contributed by atoms with E-state index in [2.05, 4.69) is 5.32 Å². The van der Waals surface area contributed by atoms with Crippen LogP contribution >= 0.6 is 0 Å². The SMILES string of the molecule is O=C(C1CNC1)N1CCN(S(=O)(=O)c2ccccc2[N+](=O)[O-])CC1. The Labute approximate surface area is 139 Å². The predicted molar refractivity (Wildman–Crippen MR) is 84.8 cm³/mol. The Morgan fingerprint density at radius 3 is 2.33 bits per heavy atom. The van der Waals surface area contributed by atoms with E-state index in [0.29, 0.717) is 26.2 Å². The lowest BCUT2D eigenvalue weighted by Crippen LogP contribution is -2.57. The molecule has 2 aliphatic heterocycles. The third-order valence-corrected chi connectivity index (χ3v) is 6.31. The molecular formula is C14H18N4O5S. The number of nitro groups is 1. The zero-order valence-corrected chi connectivity index (χ0v) is 13.7. The van der Waals surface area contributed by atoms with Crippen LogP contribution in [-0.4, -0.2) is 67.7 Å². The van der Waals surface area contributed by atoms with Crippen molar-refractivity contribution in [3.63, 3.8) is 0 Å². The highest BCUT2D eigenvalue weighted by molar-refractivity contribution is 7.89. The zero-order valence-electron chi connectivity index (χ0n) is 12.9. The summed E-state index contributed by atoms with van der Waals surface area (Å²) in [5, 5.41) is 14.1. The summed E-state index contributed by atoms with van der Waals surface area (Å²) in [5.41, 5.74) is -0.434. The number of nitro benzene ring substituents is 1. The van der Waals surface area contributed by atoms with E-state index in [1.54, 1.807) is 4.90 Å². The van der Waals surface area contributed by atoms with Gasteiger partial charge in [0.25, 0.3) is 5.69 Å². The quantitative estimate of drug-likeness (QED) is 0.584. The molecular weight excluding hydrogens is 336 g/mol. The first kappa shape index (κ1) is 16.8. The van der Waals surface area contributed by atoms with Gasteiger partial charge in [0.2, 0.25) is 15.9 Å². The number of rotatable bonds is 4. The molecule has 1 aromatic rings. The minimum absolute atomic E-state index is 0.0247. The largest absolute Gasteiger partial charge is 0.340 e. The fraction of sp³-hybridized carbons (Fsp3) is 0.500. The van der Waals surface area contributed by atoms with Crippen LogP contribution in [0.4, 0.5) is 5.69 Å². The van der Waals surface area contributed by atoms with Gasteiger partial charge in [0, 0.05) is 45.3 Å². The maximum atomic E-state index is 12.7. The van der Waals surface area contributed by atoms with Gasteiger partial charge in [0.05, 0.1) is 10.8 Å². The van der Waals surface area contributed by atoms with Crippen LogP contribution < -0.4 is 5.32 Å². The smallest absolute Gasteiger partial charge is 0.289 e. The van der Waals surface area contributed by atoms with Gasteiger partial charge in [0.1, 0.15) is 0 Å². The van der Waals surface area contributed by atoms with Gasteiger partial charge in [-0.3, -0.25) is 14.9 Å².